The Bertz CT molecular complexity index is 1260. The first-order valence-electron chi connectivity index (χ1n) is 10.1. The van der Waals surface area contributed by atoms with Crippen molar-refractivity contribution >= 4 is 21.6 Å². The zero-order valence-electron chi connectivity index (χ0n) is 17.3. The molecule has 158 valence electrons. The van der Waals surface area contributed by atoms with Crippen LogP contribution in [0.15, 0.2) is 70.3 Å². The van der Waals surface area contributed by atoms with E-state index in [1.54, 1.807) is 31.0 Å². The number of nitrogens with zero attached hydrogens (tertiary/aromatic N) is 4. The van der Waals surface area contributed by atoms with Gasteiger partial charge in [0.1, 0.15) is 0 Å². The molecule has 0 saturated heterocycles. The summed E-state index contributed by atoms with van der Waals surface area (Å²) in [6.45, 7) is 3.95. The fraction of sp³-hybridized carbons (Fsp3) is 0.217. The molecule has 0 atom stereocenters. The predicted octanol–water partition coefficient (Wildman–Crippen LogP) is 4.11. The predicted molar refractivity (Wildman–Crippen MR) is 128 cm³/mol. The molecule has 0 unspecified atom stereocenters. The molecule has 0 amide bonds. The molecule has 0 N–H and O–H groups in total. The van der Waals surface area contributed by atoms with Crippen molar-refractivity contribution in [3.05, 3.63) is 104 Å². The minimum atomic E-state index is -0.0623. The second-order valence-corrected chi connectivity index (χ2v) is 9.90. The highest BCUT2D eigenvalue weighted by atomic mass is 33.1. The molecule has 6 nitrogen and oxygen atoms in total. The van der Waals surface area contributed by atoms with Gasteiger partial charge in [-0.25, -0.2) is 9.36 Å². The van der Waals surface area contributed by atoms with Gasteiger partial charge in [-0.05, 0) is 38.1 Å². The summed E-state index contributed by atoms with van der Waals surface area (Å²) in [5.74, 6) is 1.28. The first-order valence-corrected chi connectivity index (χ1v) is 12.5. The van der Waals surface area contributed by atoms with Crippen molar-refractivity contribution in [2.24, 2.45) is 0 Å². The highest BCUT2D eigenvalue weighted by Gasteiger charge is 2.25. The van der Waals surface area contributed by atoms with E-state index in [2.05, 4.69) is 0 Å². The van der Waals surface area contributed by atoms with Crippen molar-refractivity contribution in [3.63, 3.8) is 0 Å². The van der Waals surface area contributed by atoms with E-state index in [4.69, 9.17) is 0 Å². The summed E-state index contributed by atoms with van der Waals surface area (Å²) in [6.07, 6.45) is 0.324. The van der Waals surface area contributed by atoms with Crippen LogP contribution >= 0.6 is 21.6 Å². The third kappa shape index (κ3) is 3.30. The smallest absolute Gasteiger partial charge is 0.271 e. The minimum absolute atomic E-state index is 0.0623. The van der Waals surface area contributed by atoms with Gasteiger partial charge in [-0.2, -0.15) is 0 Å². The summed E-state index contributed by atoms with van der Waals surface area (Å²) in [5, 5.41) is 0. The SMILES string of the molecule is Cc1c2c(=O)n(-c3ccccc3)n1CSSCn1c(C)c(c(=O)n1-c1ccccc1)C2. The van der Waals surface area contributed by atoms with Crippen molar-refractivity contribution < 1.29 is 0 Å². The summed E-state index contributed by atoms with van der Waals surface area (Å²) in [5.41, 5.74) is 4.70. The fourth-order valence-corrected chi connectivity index (χ4v) is 6.13. The molecule has 8 heteroatoms. The quantitative estimate of drug-likeness (QED) is 0.432. The minimum Gasteiger partial charge on any atom is -0.271 e. The lowest BCUT2D eigenvalue weighted by Crippen LogP contribution is -2.23. The van der Waals surface area contributed by atoms with Crippen LogP contribution in [0.4, 0.5) is 0 Å². The molecule has 1 aliphatic heterocycles. The van der Waals surface area contributed by atoms with Gasteiger partial charge in [0.15, 0.2) is 0 Å². The summed E-state index contributed by atoms with van der Waals surface area (Å²) in [6, 6.07) is 19.4. The van der Waals surface area contributed by atoms with Crippen LogP contribution in [-0.4, -0.2) is 18.7 Å². The van der Waals surface area contributed by atoms with Crippen LogP contribution in [0.25, 0.3) is 11.4 Å². The average molecular weight is 451 g/mol. The molecule has 2 aromatic heterocycles. The molecule has 0 radical (unpaired) electrons. The van der Waals surface area contributed by atoms with E-state index in [9.17, 15) is 9.59 Å². The van der Waals surface area contributed by atoms with Crippen LogP contribution in [0.5, 0.6) is 0 Å². The molecule has 2 aromatic carbocycles. The number of hydrogen-bond donors (Lipinski definition) is 0. The van der Waals surface area contributed by atoms with Gasteiger partial charge in [-0.3, -0.25) is 19.0 Å². The molecule has 4 aromatic rings. The number of hydrogen-bond acceptors (Lipinski definition) is 4. The molecule has 4 bridgehead atoms. The molecule has 3 heterocycles. The number of benzene rings is 2. The Labute approximate surface area is 187 Å². The van der Waals surface area contributed by atoms with Gasteiger partial charge in [0, 0.05) is 28.9 Å². The standard InChI is InChI=1S/C23H22N4O2S2/c1-16-20-13-21-17(2)25(27(23(21)29)19-11-7-4-8-12-19)15-31-30-14-24(16)26(22(20)28)18-9-5-3-6-10-18/h3-12H,13-15H2,1-2H3. The van der Waals surface area contributed by atoms with Crippen LogP contribution < -0.4 is 11.1 Å². The maximum atomic E-state index is 13.5. The Morgan fingerprint density at radius 1 is 0.645 bits per heavy atom. The fourth-order valence-electron chi connectivity index (χ4n) is 4.12. The summed E-state index contributed by atoms with van der Waals surface area (Å²) in [4.78, 5) is 27.0. The normalized spacial score (nSPS) is 13.7. The van der Waals surface area contributed by atoms with Crippen molar-refractivity contribution in [3.8, 4) is 11.4 Å². The van der Waals surface area contributed by atoms with Crippen LogP contribution in [0.2, 0.25) is 0 Å². The highest BCUT2D eigenvalue weighted by molar-refractivity contribution is 8.76. The third-order valence-corrected chi connectivity index (χ3v) is 7.82. The number of rotatable bonds is 2. The van der Waals surface area contributed by atoms with E-state index in [0.29, 0.717) is 29.3 Å². The Morgan fingerprint density at radius 2 is 1.03 bits per heavy atom. The van der Waals surface area contributed by atoms with Crippen LogP contribution in [0.1, 0.15) is 22.5 Å². The van der Waals surface area contributed by atoms with Gasteiger partial charge in [-0.15, -0.1) is 0 Å². The molecular weight excluding hydrogens is 428 g/mol. The summed E-state index contributed by atoms with van der Waals surface area (Å²) < 4.78 is 7.52. The van der Waals surface area contributed by atoms with Gasteiger partial charge in [0.05, 0.1) is 23.1 Å². The van der Waals surface area contributed by atoms with E-state index >= 15 is 0 Å². The molecular formula is C23H22N4O2S2. The molecule has 0 fully saturated rings. The lowest BCUT2D eigenvalue weighted by Gasteiger charge is -2.15. The zero-order valence-corrected chi connectivity index (χ0v) is 18.9. The van der Waals surface area contributed by atoms with Crippen LogP contribution in [0.3, 0.4) is 0 Å². The molecule has 0 spiro atoms. The van der Waals surface area contributed by atoms with Crippen molar-refractivity contribution in [2.75, 3.05) is 0 Å². The first kappa shape index (κ1) is 20.1. The van der Waals surface area contributed by atoms with Crippen molar-refractivity contribution in [1.29, 1.82) is 0 Å². The van der Waals surface area contributed by atoms with E-state index in [0.717, 1.165) is 22.8 Å². The van der Waals surface area contributed by atoms with Crippen LogP contribution in [0, 0.1) is 13.8 Å². The Balaban J connectivity index is 1.73. The second kappa shape index (κ2) is 8.01. The summed E-state index contributed by atoms with van der Waals surface area (Å²) in [7, 11) is 3.35. The number of para-hydroxylation sites is 2. The Morgan fingerprint density at radius 3 is 1.42 bits per heavy atom. The largest absolute Gasteiger partial charge is 0.275 e. The van der Waals surface area contributed by atoms with Gasteiger partial charge >= 0.3 is 0 Å². The van der Waals surface area contributed by atoms with Gasteiger partial charge in [0.25, 0.3) is 11.1 Å². The topological polar surface area (TPSA) is 53.9 Å². The third-order valence-electron chi connectivity index (χ3n) is 5.82. The molecule has 31 heavy (non-hydrogen) atoms. The average Bonchev–Trinajstić information content (AvgIpc) is 3.16. The van der Waals surface area contributed by atoms with Gasteiger partial charge in [0.2, 0.25) is 0 Å². The molecule has 1 aliphatic rings. The summed E-state index contributed by atoms with van der Waals surface area (Å²) >= 11 is 0. The first-order chi connectivity index (χ1) is 15.1. The highest BCUT2D eigenvalue weighted by Crippen LogP contribution is 2.29. The lowest BCUT2D eigenvalue weighted by molar-refractivity contribution is 0.618. The van der Waals surface area contributed by atoms with E-state index in [1.165, 1.54) is 0 Å². The zero-order chi connectivity index (χ0) is 21.5. The van der Waals surface area contributed by atoms with Crippen LogP contribution in [-0.2, 0) is 18.2 Å². The monoisotopic (exact) mass is 450 g/mol. The van der Waals surface area contributed by atoms with Gasteiger partial charge in [-0.1, -0.05) is 58.0 Å². The molecule has 0 aliphatic carbocycles. The maximum absolute atomic E-state index is 13.5. The number of aromatic nitrogens is 4. The van der Waals surface area contributed by atoms with Gasteiger partial charge < -0.3 is 0 Å². The van der Waals surface area contributed by atoms with E-state index in [1.807, 2.05) is 83.9 Å². The van der Waals surface area contributed by atoms with Crippen molar-refractivity contribution in [1.82, 2.24) is 18.7 Å². The number of fused-ring (bicyclic) bond motifs is 4. The molecule has 0 saturated carbocycles. The molecule has 5 rings (SSSR count). The second-order valence-electron chi connectivity index (χ2n) is 7.50. The van der Waals surface area contributed by atoms with E-state index in [-0.39, 0.29) is 11.1 Å². The Kier molecular flexibility index (Phi) is 5.19. The maximum Gasteiger partial charge on any atom is 0.275 e. The van der Waals surface area contributed by atoms with E-state index < -0.39 is 0 Å². The van der Waals surface area contributed by atoms with Crippen molar-refractivity contribution in [2.45, 2.75) is 32.0 Å². The lowest BCUT2D eigenvalue weighted by atomic mass is 10.1. The Hall–Kier alpha value is -2.84.